The molecule has 1 atom stereocenters. The Labute approximate surface area is 181 Å². The number of halogens is 1. The highest BCUT2D eigenvalue weighted by atomic mass is 35.5. The fourth-order valence-corrected chi connectivity index (χ4v) is 4.08. The summed E-state index contributed by atoms with van der Waals surface area (Å²) < 4.78 is 7.62. The molecule has 0 amide bonds. The average molecular weight is 427 g/mol. The molecule has 1 fully saturated rings. The molecular formula is C22H27ClN6O. The predicted octanol–water partition coefficient (Wildman–Crippen LogP) is 3.18. The molecule has 2 aromatic carbocycles. The number of guanidine groups is 1. The summed E-state index contributed by atoms with van der Waals surface area (Å²) in [6.45, 7) is 2.38. The van der Waals surface area contributed by atoms with Crippen LogP contribution < -0.4 is 20.3 Å². The number of fused-ring (bicyclic) bond motifs is 1. The van der Waals surface area contributed by atoms with Crippen LogP contribution in [-0.4, -0.2) is 48.8 Å². The molecule has 0 aliphatic carbocycles. The quantitative estimate of drug-likeness (QED) is 0.484. The Morgan fingerprint density at radius 3 is 2.90 bits per heavy atom. The zero-order valence-corrected chi connectivity index (χ0v) is 18.3. The lowest BCUT2D eigenvalue weighted by Crippen LogP contribution is -2.44. The Hall–Kier alpha value is -2.93. The first-order valence-electron chi connectivity index (χ1n) is 10.0. The maximum atomic E-state index is 6.20. The van der Waals surface area contributed by atoms with Gasteiger partial charge < -0.3 is 24.8 Å². The van der Waals surface area contributed by atoms with Crippen molar-refractivity contribution in [1.29, 1.82) is 0 Å². The summed E-state index contributed by atoms with van der Waals surface area (Å²) in [6.07, 6.45) is 1.00. The van der Waals surface area contributed by atoms with Gasteiger partial charge in [0.2, 0.25) is 0 Å². The molecule has 0 saturated carbocycles. The van der Waals surface area contributed by atoms with Crippen LogP contribution in [0.5, 0.6) is 5.75 Å². The van der Waals surface area contributed by atoms with Gasteiger partial charge in [-0.05, 0) is 36.8 Å². The lowest BCUT2D eigenvalue weighted by atomic mass is 10.2. The number of nitrogens with one attached hydrogen (secondary N) is 2. The topological polar surface area (TPSA) is 66.7 Å². The number of para-hydroxylation sites is 2. The third-order valence-corrected chi connectivity index (χ3v) is 5.76. The van der Waals surface area contributed by atoms with E-state index in [4.69, 9.17) is 21.3 Å². The Balaban J connectivity index is 1.38. The van der Waals surface area contributed by atoms with Gasteiger partial charge in [0.25, 0.3) is 0 Å². The molecule has 2 heterocycles. The van der Waals surface area contributed by atoms with E-state index in [2.05, 4.69) is 31.2 Å². The van der Waals surface area contributed by atoms with Crippen molar-refractivity contribution >= 4 is 34.3 Å². The van der Waals surface area contributed by atoms with Crippen LogP contribution in [0.3, 0.4) is 0 Å². The van der Waals surface area contributed by atoms with Gasteiger partial charge in [0.05, 0.1) is 30.4 Å². The summed E-state index contributed by atoms with van der Waals surface area (Å²) >= 11 is 6.20. The molecule has 1 aliphatic rings. The van der Waals surface area contributed by atoms with Crippen LogP contribution in [0.1, 0.15) is 12.2 Å². The number of aryl methyl sites for hydroxylation is 1. The van der Waals surface area contributed by atoms with E-state index < -0.39 is 0 Å². The third kappa shape index (κ3) is 4.16. The molecule has 2 N–H and O–H groups in total. The SMILES string of the molecule is CN=C(NCc1nc2ccccc2n1C)NC1CCN(c2cc(Cl)ccc2OC)C1. The number of hydrogen-bond acceptors (Lipinski definition) is 4. The van der Waals surface area contributed by atoms with Crippen LogP contribution in [0.2, 0.25) is 5.02 Å². The molecule has 1 saturated heterocycles. The molecule has 1 aromatic heterocycles. The van der Waals surface area contributed by atoms with Gasteiger partial charge in [0, 0.05) is 38.2 Å². The molecule has 1 unspecified atom stereocenters. The highest BCUT2D eigenvalue weighted by Crippen LogP contribution is 2.33. The minimum atomic E-state index is 0.278. The number of aromatic nitrogens is 2. The van der Waals surface area contributed by atoms with E-state index >= 15 is 0 Å². The lowest BCUT2D eigenvalue weighted by molar-refractivity contribution is 0.415. The van der Waals surface area contributed by atoms with Crippen molar-refractivity contribution in [1.82, 2.24) is 20.2 Å². The molecule has 0 radical (unpaired) electrons. The van der Waals surface area contributed by atoms with Gasteiger partial charge in [-0.25, -0.2) is 4.98 Å². The fourth-order valence-electron chi connectivity index (χ4n) is 3.91. The van der Waals surface area contributed by atoms with Crippen molar-refractivity contribution in [3.05, 3.63) is 53.3 Å². The van der Waals surface area contributed by atoms with Gasteiger partial charge in [0.1, 0.15) is 11.6 Å². The zero-order chi connectivity index (χ0) is 21.1. The summed E-state index contributed by atoms with van der Waals surface area (Å²) in [5.74, 6) is 2.58. The van der Waals surface area contributed by atoms with Crippen LogP contribution in [-0.2, 0) is 13.6 Å². The lowest BCUT2D eigenvalue weighted by Gasteiger charge is -2.22. The molecule has 0 spiro atoms. The number of methoxy groups -OCH3 is 1. The second kappa shape index (κ2) is 8.83. The van der Waals surface area contributed by atoms with Crippen LogP contribution in [0.25, 0.3) is 11.0 Å². The Morgan fingerprint density at radius 2 is 2.13 bits per heavy atom. The van der Waals surface area contributed by atoms with Gasteiger partial charge in [-0.1, -0.05) is 23.7 Å². The summed E-state index contributed by atoms with van der Waals surface area (Å²) in [5, 5.41) is 7.63. The normalized spacial score (nSPS) is 16.9. The first-order chi connectivity index (χ1) is 14.6. The Bertz CT molecular complexity index is 1060. The summed E-state index contributed by atoms with van der Waals surface area (Å²) in [5.41, 5.74) is 3.15. The maximum Gasteiger partial charge on any atom is 0.191 e. The number of anilines is 1. The van der Waals surface area contributed by atoms with Gasteiger partial charge >= 0.3 is 0 Å². The zero-order valence-electron chi connectivity index (χ0n) is 17.5. The van der Waals surface area contributed by atoms with Gasteiger partial charge in [-0.2, -0.15) is 0 Å². The average Bonchev–Trinajstić information content (AvgIpc) is 3.36. The van der Waals surface area contributed by atoms with E-state index in [9.17, 15) is 0 Å². The van der Waals surface area contributed by atoms with Crippen LogP contribution >= 0.6 is 11.6 Å². The molecule has 30 heavy (non-hydrogen) atoms. The van der Waals surface area contributed by atoms with Crippen LogP contribution in [0, 0.1) is 0 Å². The van der Waals surface area contributed by atoms with Crippen LogP contribution in [0.4, 0.5) is 5.69 Å². The minimum absolute atomic E-state index is 0.278. The smallest absolute Gasteiger partial charge is 0.191 e. The van der Waals surface area contributed by atoms with E-state index in [-0.39, 0.29) is 6.04 Å². The van der Waals surface area contributed by atoms with Gasteiger partial charge in [-0.15, -0.1) is 0 Å². The summed E-state index contributed by atoms with van der Waals surface area (Å²) in [4.78, 5) is 11.4. The number of imidazole rings is 1. The highest BCUT2D eigenvalue weighted by Gasteiger charge is 2.25. The largest absolute Gasteiger partial charge is 0.495 e. The summed E-state index contributed by atoms with van der Waals surface area (Å²) in [6, 6.07) is 14.1. The Morgan fingerprint density at radius 1 is 1.30 bits per heavy atom. The number of ether oxygens (including phenoxy) is 1. The maximum absolute atomic E-state index is 6.20. The molecule has 1 aliphatic heterocycles. The second-order valence-electron chi connectivity index (χ2n) is 7.39. The Kier molecular flexibility index (Phi) is 5.99. The second-order valence-corrected chi connectivity index (χ2v) is 7.83. The standard InChI is InChI=1S/C22H27ClN6O/c1-24-22(25-13-21-27-17-6-4-5-7-18(17)28(21)2)26-16-10-11-29(14-16)19-12-15(23)8-9-20(19)30-3/h4-9,12,16H,10-11,13-14H2,1-3H3,(H2,24,25,26). The predicted molar refractivity (Wildman–Crippen MR) is 123 cm³/mol. The van der Waals surface area contributed by atoms with Crippen molar-refractivity contribution in [2.75, 3.05) is 32.1 Å². The van der Waals surface area contributed by atoms with Crippen molar-refractivity contribution in [3.8, 4) is 5.75 Å². The van der Waals surface area contributed by atoms with E-state index in [0.717, 1.165) is 53.8 Å². The van der Waals surface area contributed by atoms with Gasteiger partial charge in [-0.3, -0.25) is 4.99 Å². The first kappa shape index (κ1) is 20.3. The number of rotatable bonds is 5. The van der Waals surface area contributed by atoms with Crippen molar-refractivity contribution in [2.45, 2.75) is 19.0 Å². The highest BCUT2D eigenvalue weighted by molar-refractivity contribution is 6.30. The minimum Gasteiger partial charge on any atom is -0.495 e. The molecule has 158 valence electrons. The molecule has 8 heteroatoms. The van der Waals surface area contributed by atoms with E-state index in [1.807, 2.05) is 43.4 Å². The molecule has 7 nitrogen and oxygen atoms in total. The van der Waals surface area contributed by atoms with E-state index in [0.29, 0.717) is 11.6 Å². The first-order valence-corrected chi connectivity index (χ1v) is 10.4. The molecule has 3 aromatic rings. The van der Waals surface area contributed by atoms with E-state index in [1.54, 1.807) is 14.2 Å². The molecular weight excluding hydrogens is 400 g/mol. The number of benzene rings is 2. The molecule has 4 rings (SSSR count). The monoisotopic (exact) mass is 426 g/mol. The third-order valence-electron chi connectivity index (χ3n) is 5.53. The van der Waals surface area contributed by atoms with Crippen molar-refractivity contribution < 1.29 is 4.74 Å². The number of hydrogen-bond donors (Lipinski definition) is 2. The number of nitrogens with zero attached hydrogens (tertiary/aromatic N) is 4. The fraction of sp³-hybridized carbons (Fsp3) is 0.364. The van der Waals surface area contributed by atoms with Crippen molar-refractivity contribution in [3.63, 3.8) is 0 Å². The molecule has 0 bridgehead atoms. The van der Waals surface area contributed by atoms with Crippen LogP contribution in [0.15, 0.2) is 47.5 Å². The van der Waals surface area contributed by atoms with Gasteiger partial charge in [0.15, 0.2) is 5.96 Å². The summed E-state index contributed by atoms with van der Waals surface area (Å²) in [7, 11) is 5.51. The number of aliphatic imine (C=N–C) groups is 1. The van der Waals surface area contributed by atoms with E-state index in [1.165, 1.54) is 0 Å². The van der Waals surface area contributed by atoms with Crippen molar-refractivity contribution in [2.24, 2.45) is 12.0 Å².